The predicted octanol–water partition coefficient (Wildman–Crippen LogP) is 1.96. The minimum absolute atomic E-state index is 0.0561. The van der Waals surface area contributed by atoms with Gasteiger partial charge in [0.25, 0.3) is 5.91 Å². The maximum absolute atomic E-state index is 12.5. The van der Waals surface area contributed by atoms with Crippen molar-refractivity contribution in [3.8, 4) is 0 Å². The Kier molecular flexibility index (Phi) is 6.42. The Morgan fingerprint density at radius 2 is 2.04 bits per heavy atom. The molecule has 0 saturated carbocycles. The topological polar surface area (TPSA) is 70.2 Å². The molecule has 1 aromatic rings. The van der Waals surface area contributed by atoms with Crippen LogP contribution in [0.3, 0.4) is 0 Å². The van der Waals surface area contributed by atoms with Crippen LogP contribution in [0.15, 0.2) is 24.3 Å². The van der Waals surface area contributed by atoms with Crippen molar-refractivity contribution in [1.82, 2.24) is 16.0 Å². The summed E-state index contributed by atoms with van der Waals surface area (Å²) in [5.41, 5.74) is 0.498. The number of hydrogen-bond acceptors (Lipinski definition) is 3. The van der Waals surface area contributed by atoms with E-state index in [0.29, 0.717) is 10.6 Å². The van der Waals surface area contributed by atoms with Crippen molar-refractivity contribution in [1.29, 1.82) is 0 Å². The number of carbonyl (C=O) groups excluding carboxylic acids is 2. The number of carbonyl (C=O) groups is 2. The molecule has 3 unspecified atom stereocenters. The lowest BCUT2D eigenvalue weighted by Crippen LogP contribution is -2.52. The second kappa shape index (κ2) is 8.31. The molecule has 1 aromatic carbocycles. The zero-order valence-corrected chi connectivity index (χ0v) is 14.3. The average Bonchev–Trinajstić information content (AvgIpc) is 3.05. The number of nitrogens with one attached hydrogen (secondary N) is 3. The van der Waals surface area contributed by atoms with Crippen LogP contribution in [0, 0.1) is 5.92 Å². The van der Waals surface area contributed by atoms with E-state index >= 15 is 0 Å². The fraction of sp³-hybridized carbons (Fsp3) is 0.529. The molecular weight excluding hydrogens is 314 g/mol. The first-order valence-corrected chi connectivity index (χ1v) is 8.46. The van der Waals surface area contributed by atoms with Crippen LogP contribution in [-0.4, -0.2) is 37.0 Å². The van der Waals surface area contributed by atoms with Crippen LogP contribution in [0.5, 0.6) is 0 Å². The number of benzene rings is 1. The highest BCUT2D eigenvalue weighted by molar-refractivity contribution is 6.30. The number of hydrogen-bond donors (Lipinski definition) is 3. The summed E-state index contributed by atoms with van der Waals surface area (Å²) in [4.78, 5) is 24.9. The van der Waals surface area contributed by atoms with Gasteiger partial charge in [-0.1, -0.05) is 31.9 Å². The molecule has 0 aliphatic carbocycles. The van der Waals surface area contributed by atoms with Crippen molar-refractivity contribution in [3.63, 3.8) is 0 Å². The van der Waals surface area contributed by atoms with E-state index in [9.17, 15) is 9.59 Å². The molecular formula is C17H24ClN3O2. The van der Waals surface area contributed by atoms with E-state index in [1.165, 1.54) is 0 Å². The highest BCUT2D eigenvalue weighted by Crippen LogP contribution is 2.13. The molecule has 3 N–H and O–H groups in total. The summed E-state index contributed by atoms with van der Waals surface area (Å²) < 4.78 is 0. The Bertz CT molecular complexity index is 541. The molecule has 6 heteroatoms. The molecule has 0 bridgehead atoms. The smallest absolute Gasteiger partial charge is 0.251 e. The van der Waals surface area contributed by atoms with Gasteiger partial charge in [-0.3, -0.25) is 9.59 Å². The fourth-order valence-electron chi connectivity index (χ4n) is 2.60. The van der Waals surface area contributed by atoms with Gasteiger partial charge in [-0.2, -0.15) is 0 Å². The van der Waals surface area contributed by atoms with Crippen LogP contribution in [0.4, 0.5) is 0 Å². The van der Waals surface area contributed by atoms with Crippen LogP contribution >= 0.6 is 11.6 Å². The second-order valence-electron chi connectivity index (χ2n) is 6.04. The molecule has 23 heavy (non-hydrogen) atoms. The average molecular weight is 338 g/mol. The maximum Gasteiger partial charge on any atom is 0.251 e. The SMILES string of the molecule is CCC(C)C(NC(=O)c1ccc(Cl)cc1)C(=O)NC1CCNC1. The molecule has 1 aliphatic heterocycles. The molecule has 1 saturated heterocycles. The summed E-state index contributed by atoms with van der Waals surface area (Å²) in [7, 11) is 0. The Balaban J connectivity index is 2.03. The van der Waals surface area contributed by atoms with E-state index in [1.807, 2.05) is 13.8 Å². The number of amides is 2. The zero-order valence-electron chi connectivity index (χ0n) is 13.6. The van der Waals surface area contributed by atoms with E-state index in [1.54, 1.807) is 24.3 Å². The highest BCUT2D eigenvalue weighted by atomic mass is 35.5. The first kappa shape index (κ1) is 17.8. The molecule has 1 aliphatic rings. The Labute approximate surface area is 142 Å². The van der Waals surface area contributed by atoms with Crippen LogP contribution in [0.25, 0.3) is 0 Å². The van der Waals surface area contributed by atoms with Gasteiger partial charge in [-0.25, -0.2) is 0 Å². The van der Waals surface area contributed by atoms with Gasteiger partial charge in [0.2, 0.25) is 5.91 Å². The van der Waals surface area contributed by atoms with E-state index in [0.717, 1.165) is 25.9 Å². The van der Waals surface area contributed by atoms with E-state index < -0.39 is 6.04 Å². The highest BCUT2D eigenvalue weighted by Gasteiger charge is 2.28. The lowest BCUT2D eigenvalue weighted by molar-refractivity contribution is -0.124. The quantitative estimate of drug-likeness (QED) is 0.743. The third-order valence-corrected chi connectivity index (χ3v) is 4.55. The Morgan fingerprint density at radius 1 is 1.35 bits per heavy atom. The van der Waals surface area contributed by atoms with E-state index in [-0.39, 0.29) is 23.8 Å². The van der Waals surface area contributed by atoms with Gasteiger partial charge in [-0.05, 0) is 43.1 Å². The summed E-state index contributed by atoms with van der Waals surface area (Å²) in [5.74, 6) is -0.317. The second-order valence-corrected chi connectivity index (χ2v) is 6.48. The van der Waals surface area contributed by atoms with Gasteiger partial charge in [0.15, 0.2) is 0 Å². The van der Waals surface area contributed by atoms with Crippen LogP contribution in [-0.2, 0) is 4.79 Å². The van der Waals surface area contributed by atoms with Gasteiger partial charge >= 0.3 is 0 Å². The van der Waals surface area contributed by atoms with Crippen molar-refractivity contribution in [3.05, 3.63) is 34.9 Å². The van der Waals surface area contributed by atoms with Crippen LogP contribution in [0.1, 0.15) is 37.0 Å². The molecule has 0 spiro atoms. The Morgan fingerprint density at radius 3 is 2.61 bits per heavy atom. The van der Waals surface area contributed by atoms with Gasteiger partial charge in [0.1, 0.15) is 6.04 Å². The lowest BCUT2D eigenvalue weighted by atomic mass is 9.97. The first-order chi connectivity index (χ1) is 11.0. The molecule has 5 nitrogen and oxygen atoms in total. The van der Waals surface area contributed by atoms with Crippen molar-refractivity contribution in [2.24, 2.45) is 5.92 Å². The molecule has 0 aromatic heterocycles. The minimum atomic E-state index is -0.538. The summed E-state index contributed by atoms with van der Waals surface area (Å²) in [6.45, 7) is 5.68. The van der Waals surface area contributed by atoms with E-state index in [4.69, 9.17) is 11.6 Å². The zero-order chi connectivity index (χ0) is 16.8. The summed E-state index contributed by atoms with van der Waals surface area (Å²) in [6, 6.07) is 6.25. The van der Waals surface area contributed by atoms with Crippen LogP contribution in [0.2, 0.25) is 5.02 Å². The van der Waals surface area contributed by atoms with Crippen molar-refractivity contribution in [2.75, 3.05) is 13.1 Å². The van der Waals surface area contributed by atoms with Gasteiger partial charge < -0.3 is 16.0 Å². The van der Waals surface area contributed by atoms with E-state index in [2.05, 4.69) is 16.0 Å². The largest absolute Gasteiger partial charge is 0.350 e. The molecule has 126 valence electrons. The monoisotopic (exact) mass is 337 g/mol. The summed E-state index contributed by atoms with van der Waals surface area (Å²) >= 11 is 5.84. The fourth-order valence-corrected chi connectivity index (χ4v) is 2.72. The first-order valence-electron chi connectivity index (χ1n) is 8.08. The third kappa shape index (κ3) is 4.94. The maximum atomic E-state index is 12.5. The third-order valence-electron chi connectivity index (χ3n) is 4.30. The number of rotatable bonds is 6. The molecule has 1 fully saturated rings. The van der Waals surface area contributed by atoms with Crippen molar-refractivity contribution in [2.45, 2.75) is 38.8 Å². The predicted molar refractivity (Wildman–Crippen MR) is 91.6 cm³/mol. The molecule has 3 atom stereocenters. The summed E-state index contributed by atoms with van der Waals surface area (Å²) in [6.07, 6.45) is 1.73. The summed E-state index contributed by atoms with van der Waals surface area (Å²) in [5, 5.41) is 9.68. The van der Waals surface area contributed by atoms with Crippen LogP contribution < -0.4 is 16.0 Å². The standard InChI is InChI=1S/C17H24ClN3O2/c1-3-11(2)15(17(23)20-14-8-9-19-10-14)21-16(22)12-4-6-13(18)7-5-12/h4-7,11,14-15,19H,3,8-10H2,1-2H3,(H,20,23)(H,21,22). The minimum Gasteiger partial charge on any atom is -0.350 e. The molecule has 1 heterocycles. The number of halogens is 1. The molecule has 0 radical (unpaired) electrons. The normalized spacial score (nSPS) is 19.9. The Hall–Kier alpha value is -1.59. The van der Waals surface area contributed by atoms with Gasteiger partial charge in [0, 0.05) is 23.2 Å². The lowest BCUT2D eigenvalue weighted by Gasteiger charge is -2.25. The molecule has 2 rings (SSSR count). The van der Waals surface area contributed by atoms with Gasteiger partial charge in [0.05, 0.1) is 0 Å². The van der Waals surface area contributed by atoms with Gasteiger partial charge in [-0.15, -0.1) is 0 Å². The molecule has 2 amide bonds. The van der Waals surface area contributed by atoms with Crippen molar-refractivity contribution >= 4 is 23.4 Å². The van der Waals surface area contributed by atoms with Crippen molar-refractivity contribution < 1.29 is 9.59 Å².